The highest BCUT2D eigenvalue weighted by molar-refractivity contribution is 14.0. The van der Waals surface area contributed by atoms with E-state index in [1.54, 1.807) is 0 Å². The van der Waals surface area contributed by atoms with Gasteiger partial charge in [0.1, 0.15) is 12.2 Å². The van der Waals surface area contributed by atoms with E-state index in [4.69, 9.17) is 4.74 Å². The molecule has 0 aromatic carbocycles. The number of alkyl halides is 3. The Morgan fingerprint density at radius 2 is 1.96 bits per heavy atom. The van der Waals surface area contributed by atoms with E-state index in [9.17, 15) is 18.0 Å². The molecule has 1 rings (SSSR count). The van der Waals surface area contributed by atoms with Crippen LogP contribution in [0.5, 0.6) is 0 Å². The lowest BCUT2D eigenvalue weighted by atomic mass is 10.2. The number of halogens is 4. The second-order valence-corrected chi connectivity index (χ2v) is 7.33. The highest BCUT2D eigenvalue weighted by atomic mass is 127. The average Bonchev–Trinajstić information content (AvgIpc) is 2.94. The van der Waals surface area contributed by atoms with Gasteiger partial charge in [0.2, 0.25) is 0 Å². The van der Waals surface area contributed by atoms with Crippen molar-refractivity contribution >= 4 is 36.0 Å². The molecule has 0 aromatic heterocycles. The molecule has 1 aliphatic rings. The topological polar surface area (TPSA) is 75.2 Å². The number of rotatable bonds is 7. The van der Waals surface area contributed by atoms with Gasteiger partial charge in [-0.3, -0.25) is 4.99 Å². The van der Waals surface area contributed by atoms with Gasteiger partial charge in [0.15, 0.2) is 5.96 Å². The Morgan fingerprint density at radius 3 is 2.54 bits per heavy atom. The number of likely N-dealkylation sites (tertiary alicyclic amines) is 1. The van der Waals surface area contributed by atoms with Gasteiger partial charge in [0.25, 0.3) is 0 Å². The van der Waals surface area contributed by atoms with E-state index in [-0.39, 0.29) is 36.6 Å². The quantitative estimate of drug-likeness (QED) is 0.232. The lowest BCUT2D eigenvalue weighted by Crippen LogP contribution is -2.44. The molecule has 28 heavy (non-hydrogen) atoms. The van der Waals surface area contributed by atoms with E-state index in [2.05, 4.69) is 20.4 Å². The summed E-state index contributed by atoms with van der Waals surface area (Å²) in [7, 11) is 0. The molecule has 1 atom stereocenters. The van der Waals surface area contributed by atoms with Crippen molar-refractivity contribution in [2.45, 2.75) is 58.4 Å². The van der Waals surface area contributed by atoms with Crippen molar-refractivity contribution in [3.8, 4) is 0 Å². The smallest absolute Gasteiger partial charge is 0.411 e. The van der Waals surface area contributed by atoms with Crippen LogP contribution >= 0.6 is 24.0 Å². The summed E-state index contributed by atoms with van der Waals surface area (Å²) < 4.78 is 45.9. The van der Waals surface area contributed by atoms with E-state index in [0.717, 1.165) is 13.0 Å². The lowest BCUT2D eigenvalue weighted by Gasteiger charge is -2.23. The molecular formula is C17H32F3IN4O3. The average molecular weight is 524 g/mol. The Bertz CT molecular complexity index is 499. The fourth-order valence-electron chi connectivity index (χ4n) is 2.51. The number of aliphatic imine (C=N–C) groups is 1. The minimum atomic E-state index is -4.30. The molecule has 1 amide bonds. The van der Waals surface area contributed by atoms with Gasteiger partial charge in [0.05, 0.1) is 6.04 Å². The number of carbonyl (C=O) groups is 1. The van der Waals surface area contributed by atoms with Gasteiger partial charge in [-0.2, -0.15) is 13.2 Å². The van der Waals surface area contributed by atoms with Gasteiger partial charge in [0, 0.05) is 32.8 Å². The van der Waals surface area contributed by atoms with Crippen LogP contribution in [0.25, 0.3) is 0 Å². The number of nitrogens with zero attached hydrogens (tertiary/aromatic N) is 2. The highest BCUT2D eigenvalue weighted by Gasteiger charge is 2.28. The van der Waals surface area contributed by atoms with E-state index < -0.39 is 24.5 Å². The second kappa shape index (κ2) is 12.6. The van der Waals surface area contributed by atoms with Gasteiger partial charge < -0.3 is 25.0 Å². The van der Waals surface area contributed by atoms with Crippen LogP contribution in [0.2, 0.25) is 0 Å². The predicted molar refractivity (Wildman–Crippen MR) is 112 cm³/mol. The van der Waals surface area contributed by atoms with Crippen LogP contribution in [0.4, 0.5) is 18.0 Å². The van der Waals surface area contributed by atoms with Crippen molar-refractivity contribution in [3.63, 3.8) is 0 Å². The predicted octanol–water partition coefficient (Wildman–Crippen LogP) is 3.14. The third-order valence-electron chi connectivity index (χ3n) is 3.52. The summed E-state index contributed by atoms with van der Waals surface area (Å²) in [4.78, 5) is 18.3. The molecule has 1 heterocycles. The fraction of sp³-hybridized carbons (Fsp3) is 0.882. The maximum atomic E-state index is 12.0. The molecule has 1 fully saturated rings. The number of amides is 1. The van der Waals surface area contributed by atoms with E-state index in [1.165, 1.54) is 0 Å². The zero-order valence-corrected chi connectivity index (χ0v) is 19.2. The van der Waals surface area contributed by atoms with Crippen LogP contribution in [0.15, 0.2) is 4.99 Å². The maximum Gasteiger partial charge on any atom is 0.411 e. The molecule has 0 aliphatic carbocycles. The van der Waals surface area contributed by atoms with Crippen LogP contribution < -0.4 is 10.6 Å². The number of alkyl carbamates (subject to hydrolysis) is 1. The maximum absolute atomic E-state index is 12.0. The Hall–Kier alpha value is -0.980. The number of carbonyl (C=O) groups excluding carboxylic acids is 1. The Kier molecular flexibility index (Phi) is 12.1. The van der Waals surface area contributed by atoms with Crippen molar-refractivity contribution in [2.24, 2.45) is 4.99 Å². The van der Waals surface area contributed by atoms with E-state index >= 15 is 0 Å². The minimum Gasteiger partial charge on any atom is -0.444 e. The van der Waals surface area contributed by atoms with Gasteiger partial charge in [-0.1, -0.05) is 0 Å². The standard InChI is InChI=1S/C17H31F3N4O3.HI/c1-5-21-14(22-8-6-10-26-12-17(18,19)20)24-9-7-13(11-24)23-15(25)27-16(2,3)4;/h13H,5-12H2,1-4H3,(H,21,22)(H,23,25);1H. The molecule has 0 radical (unpaired) electrons. The lowest BCUT2D eigenvalue weighted by molar-refractivity contribution is -0.173. The monoisotopic (exact) mass is 524 g/mol. The first-order valence-corrected chi connectivity index (χ1v) is 9.17. The van der Waals surface area contributed by atoms with Gasteiger partial charge in [-0.05, 0) is 40.5 Å². The normalized spacial score (nSPS) is 17.9. The molecule has 0 bridgehead atoms. The highest BCUT2D eigenvalue weighted by Crippen LogP contribution is 2.14. The SMILES string of the molecule is CCNC(=NCCCOCC(F)(F)F)N1CCC(NC(=O)OC(C)(C)C)C1.I. The summed E-state index contributed by atoms with van der Waals surface area (Å²) in [6, 6.07) is -0.0428. The van der Waals surface area contributed by atoms with Crippen molar-refractivity contribution in [2.75, 3.05) is 39.4 Å². The second-order valence-electron chi connectivity index (χ2n) is 7.33. The number of ether oxygens (including phenoxy) is 2. The summed E-state index contributed by atoms with van der Waals surface area (Å²) in [6.45, 7) is 8.48. The first-order chi connectivity index (χ1) is 12.5. The van der Waals surface area contributed by atoms with Crippen LogP contribution in [0.1, 0.15) is 40.5 Å². The van der Waals surface area contributed by atoms with Crippen LogP contribution in [0.3, 0.4) is 0 Å². The summed E-state index contributed by atoms with van der Waals surface area (Å²) >= 11 is 0. The van der Waals surface area contributed by atoms with Gasteiger partial charge >= 0.3 is 12.3 Å². The zero-order valence-electron chi connectivity index (χ0n) is 16.9. The molecule has 1 unspecified atom stereocenters. The first kappa shape index (κ1) is 27.0. The molecule has 1 aliphatic heterocycles. The summed E-state index contributed by atoms with van der Waals surface area (Å²) in [5.41, 5.74) is -0.549. The molecule has 0 aromatic rings. The van der Waals surface area contributed by atoms with E-state index in [0.29, 0.717) is 32.0 Å². The Morgan fingerprint density at radius 1 is 1.29 bits per heavy atom. The van der Waals surface area contributed by atoms with Crippen LogP contribution in [0, 0.1) is 0 Å². The van der Waals surface area contributed by atoms with Crippen molar-refractivity contribution in [1.29, 1.82) is 0 Å². The Labute approximate surface area is 181 Å². The summed E-state index contributed by atoms with van der Waals surface area (Å²) in [6.07, 6.45) is -3.58. The van der Waals surface area contributed by atoms with Crippen molar-refractivity contribution < 1.29 is 27.4 Å². The van der Waals surface area contributed by atoms with Crippen LogP contribution in [-0.4, -0.2) is 74.2 Å². The molecule has 1 saturated heterocycles. The zero-order chi connectivity index (χ0) is 20.5. The molecule has 166 valence electrons. The van der Waals surface area contributed by atoms with Crippen molar-refractivity contribution in [3.05, 3.63) is 0 Å². The van der Waals surface area contributed by atoms with E-state index in [1.807, 2.05) is 32.6 Å². The third-order valence-corrected chi connectivity index (χ3v) is 3.52. The molecule has 0 saturated carbocycles. The largest absolute Gasteiger partial charge is 0.444 e. The Balaban J connectivity index is 0.00000729. The summed E-state index contributed by atoms with van der Waals surface area (Å²) in [5.74, 6) is 0.682. The molecule has 0 spiro atoms. The molecule has 7 nitrogen and oxygen atoms in total. The molecular weight excluding hydrogens is 492 g/mol. The number of hydrogen-bond acceptors (Lipinski definition) is 4. The first-order valence-electron chi connectivity index (χ1n) is 9.17. The van der Waals surface area contributed by atoms with Crippen LogP contribution in [-0.2, 0) is 9.47 Å². The number of guanidine groups is 1. The van der Waals surface area contributed by atoms with Gasteiger partial charge in [-0.25, -0.2) is 4.79 Å². The third kappa shape index (κ3) is 12.5. The summed E-state index contributed by atoms with van der Waals surface area (Å²) in [5, 5.41) is 6.01. The minimum absolute atomic E-state index is 0. The fourth-order valence-corrected chi connectivity index (χ4v) is 2.51. The number of hydrogen-bond donors (Lipinski definition) is 2. The molecule has 2 N–H and O–H groups in total. The molecule has 11 heteroatoms. The van der Waals surface area contributed by atoms with Gasteiger partial charge in [-0.15, -0.1) is 24.0 Å². The number of nitrogens with one attached hydrogen (secondary N) is 2. The van der Waals surface area contributed by atoms with Crippen molar-refractivity contribution in [1.82, 2.24) is 15.5 Å².